The zero-order valence-electron chi connectivity index (χ0n) is 21.4. The highest BCUT2D eigenvalue weighted by atomic mass is 16.5. The minimum Gasteiger partial charge on any atom is -0.490 e. The third-order valence-corrected chi connectivity index (χ3v) is 6.94. The number of likely N-dealkylation sites (tertiary alicyclic amines) is 1. The van der Waals surface area contributed by atoms with Gasteiger partial charge in [-0.25, -0.2) is 14.8 Å². The fraction of sp³-hybridized carbons (Fsp3) is 0.379. The van der Waals surface area contributed by atoms with Crippen molar-refractivity contribution in [3.8, 4) is 17.1 Å². The average molecular weight is 501 g/mol. The molecule has 37 heavy (non-hydrogen) atoms. The van der Waals surface area contributed by atoms with Gasteiger partial charge in [-0.2, -0.15) is 0 Å². The van der Waals surface area contributed by atoms with E-state index >= 15 is 0 Å². The highest BCUT2D eigenvalue weighted by Crippen LogP contribution is 2.22. The van der Waals surface area contributed by atoms with Crippen molar-refractivity contribution >= 4 is 16.9 Å². The van der Waals surface area contributed by atoms with Crippen molar-refractivity contribution in [3.05, 3.63) is 76.5 Å². The van der Waals surface area contributed by atoms with Crippen LogP contribution in [0.4, 0.5) is 0 Å². The smallest absolute Gasteiger partial charge is 0.420 e. The van der Waals surface area contributed by atoms with Gasteiger partial charge in [0, 0.05) is 17.5 Å². The summed E-state index contributed by atoms with van der Waals surface area (Å²) >= 11 is 0. The number of ketones is 1. The number of carbonyl (C=O) groups is 1. The van der Waals surface area contributed by atoms with Crippen LogP contribution in [0.15, 0.2) is 64.1 Å². The van der Waals surface area contributed by atoms with E-state index in [-0.39, 0.29) is 5.78 Å². The van der Waals surface area contributed by atoms with E-state index < -0.39 is 5.76 Å². The summed E-state index contributed by atoms with van der Waals surface area (Å²) in [5.74, 6) is 1.43. The number of aromatic nitrogens is 3. The maximum Gasteiger partial charge on any atom is 0.420 e. The molecule has 0 aliphatic carbocycles. The fourth-order valence-electron chi connectivity index (χ4n) is 4.73. The number of carbonyl (C=O) groups excluding carboxylic acids is 1. The van der Waals surface area contributed by atoms with Crippen molar-refractivity contribution in [2.45, 2.75) is 39.2 Å². The predicted octanol–water partition coefficient (Wildman–Crippen LogP) is 4.80. The van der Waals surface area contributed by atoms with Crippen LogP contribution in [0.2, 0.25) is 0 Å². The predicted molar refractivity (Wildman–Crippen MR) is 142 cm³/mol. The number of fused-ring (bicyclic) bond motifs is 1. The van der Waals surface area contributed by atoms with Crippen LogP contribution in [0.1, 0.15) is 48.5 Å². The van der Waals surface area contributed by atoms with Gasteiger partial charge in [-0.3, -0.25) is 9.36 Å². The first-order valence-corrected chi connectivity index (χ1v) is 12.9. The van der Waals surface area contributed by atoms with Gasteiger partial charge in [0.15, 0.2) is 22.9 Å². The molecule has 0 unspecified atom stereocenters. The van der Waals surface area contributed by atoms with Crippen LogP contribution in [0.25, 0.3) is 22.5 Å². The number of benzene rings is 2. The van der Waals surface area contributed by atoms with E-state index in [1.54, 1.807) is 35.2 Å². The van der Waals surface area contributed by atoms with Crippen LogP contribution in [-0.2, 0) is 6.54 Å². The molecule has 192 valence electrons. The van der Waals surface area contributed by atoms with Gasteiger partial charge in [0.25, 0.3) is 0 Å². The molecule has 1 saturated heterocycles. The Hall–Kier alpha value is -3.78. The minimum absolute atomic E-state index is 0.0579. The highest BCUT2D eigenvalue weighted by molar-refractivity contribution is 5.98. The molecule has 4 aromatic rings. The van der Waals surface area contributed by atoms with Crippen molar-refractivity contribution in [2.75, 3.05) is 26.7 Å². The summed E-state index contributed by atoms with van der Waals surface area (Å²) < 4.78 is 12.9. The van der Waals surface area contributed by atoms with Crippen molar-refractivity contribution in [1.82, 2.24) is 19.4 Å². The van der Waals surface area contributed by atoms with Gasteiger partial charge < -0.3 is 14.1 Å². The molecule has 0 spiro atoms. The van der Waals surface area contributed by atoms with Crippen LogP contribution < -0.4 is 10.5 Å². The quantitative estimate of drug-likeness (QED) is 0.305. The standard InChI is InChI=1S/C29H32N4O4/c1-3-5-26(34)22-8-9-27-25(15-22)33(29(35)37-27)18-21-6-4-7-23(14-21)28-30-16-24(17-31-28)36-19-20-10-12-32(2)13-11-20/h4,6-9,14-17,20H,3,5,10-13,18-19H2,1-2H3. The third-order valence-electron chi connectivity index (χ3n) is 6.94. The lowest BCUT2D eigenvalue weighted by molar-refractivity contribution is 0.0982. The first-order valence-electron chi connectivity index (χ1n) is 12.9. The molecule has 8 nitrogen and oxygen atoms in total. The van der Waals surface area contributed by atoms with Gasteiger partial charge >= 0.3 is 5.76 Å². The second-order valence-electron chi connectivity index (χ2n) is 9.81. The number of hydrogen-bond donors (Lipinski definition) is 0. The van der Waals surface area contributed by atoms with E-state index in [1.165, 1.54) is 0 Å². The SMILES string of the molecule is CCCC(=O)c1ccc2oc(=O)n(Cc3cccc(-c4ncc(OCC5CCN(C)CC5)cn4)c3)c2c1. The zero-order valence-corrected chi connectivity index (χ0v) is 21.4. The molecule has 0 saturated carbocycles. The Morgan fingerprint density at radius 1 is 1.11 bits per heavy atom. The maximum atomic E-state index is 12.6. The van der Waals surface area contributed by atoms with Gasteiger partial charge in [0.2, 0.25) is 0 Å². The van der Waals surface area contributed by atoms with Crippen LogP contribution in [0, 0.1) is 5.92 Å². The first-order chi connectivity index (χ1) is 18.0. The molecule has 0 bridgehead atoms. The van der Waals surface area contributed by atoms with Crippen molar-refractivity contribution in [3.63, 3.8) is 0 Å². The Morgan fingerprint density at radius 2 is 1.89 bits per heavy atom. The molecule has 1 aliphatic rings. The van der Waals surface area contributed by atoms with Gasteiger partial charge in [-0.05, 0) is 75.1 Å². The summed E-state index contributed by atoms with van der Waals surface area (Å²) in [7, 11) is 2.15. The summed E-state index contributed by atoms with van der Waals surface area (Å²) in [6, 6.07) is 12.9. The van der Waals surface area contributed by atoms with E-state index in [0.717, 1.165) is 43.5 Å². The second-order valence-corrected chi connectivity index (χ2v) is 9.81. The molecule has 0 amide bonds. The monoisotopic (exact) mass is 500 g/mol. The maximum absolute atomic E-state index is 12.6. The number of ether oxygens (including phenoxy) is 1. The topological polar surface area (TPSA) is 90.5 Å². The molecular weight excluding hydrogens is 468 g/mol. The normalized spacial score (nSPS) is 14.8. The van der Waals surface area contributed by atoms with E-state index in [1.807, 2.05) is 31.2 Å². The Labute approximate surface area is 215 Å². The van der Waals surface area contributed by atoms with Crippen LogP contribution in [0.3, 0.4) is 0 Å². The van der Waals surface area contributed by atoms with Gasteiger partial charge in [-0.1, -0.05) is 25.1 Å². The number of hydrogen-bond acceptors (Lipinski definition) is 7. The minimum atomic E-state index is -0.456. The lowest BCUT2D eigenvalue weighted by Crippen LogP contribution is -2.32. The average Bonchev–Trinajstić information content (AvgIpc) is 3.23. The lowest BCUT2D eigenvalue weighted by atomic mass is 9.98. The Bertz CT molecular complexity index is 1430. The number of nitrogens with zero attached hydrogens (tertiary/aromatic N) is 4. The van der Waals surface area contributed by atoms with Gasteiger partial charge in [0.1, 0.15) is 0 Å². The molecule has 0 radical (unpaired) electrons. The van der Waals surface area contributed by atoms with Crippen LogP contribution in [-0.4, -0.2) is 52.0 Å². The molecular formula is C29H32N4O4. The number of rotatable bonds is 9. The number of Topliss-reactive ketones (excluding diaryl/α,β-unsaturated/α-hetero) is 1. The summed E-state index contributed by atoms with van der Waals surface area (Å²) in [5, 5.41) is 0. The van der Waals surface area contributed by atoms with E-state index in [4.69, 9.17) is 9.15 Å². The van der Waals surface area contributed by atoms with Crippen molar-refractivity contribution in [2.24, 2.45) is 5.92 Å². The second kappa shape index (κ2) is 11.1. The van der Waals surface area contributed by atoms with Crippen LogP contribution in [0.5, 0.6) is 5.75 Å². The summed E-state index contributed by atoms with van der Waals surface area (Å²) in [4.78, 5) is 36.4. The number of oxazole rings is 1. The summed E-state index contributed by atoms with van der Waals surface area (Å²) in [6.07, 6.45) is 6.97. The third kappa shape index (κ3) is 5.80. The Kier molecular flexibility index (Phi) is 7.46. The zero-order chi connectivity index (χ0) is 25.8. The molecule has 8 heteroatoms. The van der Waals surface area contributed by atoms with Crippen molar-refractivity contribution in [1.29, 1.82) is 0 Å². The Morgan fingerprint density at radius 3 is 2.65 bits per heavy atom. The highest BCUT2D eigenvalue weighted by Gasteiger charge is 2.17. The van der Waals surface area contributed by atoms with Crippen molar-refractivity contribution < 1.29 is 13.9 Å². The van der Waals surface area contributed by atoms with E-state index in [2.05, 4.69) is 21.9 Å². The van der Waals surface area contributed by atoms with Gasteiger partial charge in [0.05, 0.1) is 31.1 Å². The fourth-order valence-corrected chi connectivity index (χ4v) is 4.73. The van der Waals surface area contributed by atoms with E-state index in [0.29, 0.717) is 53.7 Å². The molecule has 0 atom stereocenters. The first kappa shape index (κ1) is 24.9. The van der Waals surface area contributed by atoms with Gasteiger partial charge in [-0.15, -0.1) is 0 Å². The summed E-state index contributed by atoms with van der Waals surface area (Å²) in [6.45, 7) is 5.18. The molecule has 1 fully saturated rings. The molecule has 1 aliphatic heterocycles. The molecule has 3 heterocycles. The molecule has 5 rings (SSSR count). The Balaban J connectivity index is 1.30. The molecule has 0 N–H and O–H groups in total. The number of piperidine rings is 1. The molecule has 2 aromatic carbocycles. The largest absolute Gasteiger partial charge is 0.490 e. The van der Waals surface area contributed by atoms with E-state index in [9.17, 15) is 9.59 Å². The lowest BCUT2D eigenvalue weighted by Gasteiger charge is -2.28. The molecule has 2 aromatic heterocycles. The van der Waals surface area contributed by atoms with Crippen LogP contribution >= 0.6 is 0 Å². The summed E-state index contributed by atoms with van der Waals surface area (Å²) in [5.41, 5.74) is 3.41.